The highest BCUT2D eigenvalue weighted by atomic mass is 35.5. The summed E-state index contributed by atoms with van der Waals surface area (Å²) in [4.78, 5) is 26.4. The molecule has 0 spiro atoms. The van der Waals surface area contributed by atoms with E-state index in [1.165, 1.54) is 0 Å². The highest BCUT2D eigenvalue weighted by Gasteiger charge is 2.33. The number of likely N-dealkylation sites (tertiary alicyclic amines) is 1. The molecule has 1 aliphatic heterocycles. The van der Waals surface area contributed by atoms with Gasteiger partial charge in [-0.25, -0.2) is 0 Å². The topological polar surface area (TPSA) is 93.2 Å². The van der Waals surface area contributed by atoms with E-state index in [1.54, 1.807) is 0 Å². The number of nitrogens with two attached hydrogens (primary N) is 1. The molecule has 0 aliphatic carbocycles. The van der Waals surface area contributed by atoms with E-state index in [0.29, 0.717) is 6.54 Å². The van der Waals surface area contributed by atoms with Gasteiger partial charge in [0.2, 0.25) is 11.8 Å². The SMILES string of the molecule is Cc1nn(C)c(C)c1C1CCCN1C(=O)CNC(=O)[C@@H](N)C(C)C.Cl.Cl. The van der Waals surface area contributed by atoms with Crippen LogP contribution in [-0.4, -0.2) is 45.6 Å². The van der Waals surface area contributed by atoms with Gasteiger partial charge in [-0.3, -0.25) is 14.3 Å². The molecule has 2 rings (SSSR count). The van der Waals surface area contributed by atoms with Crippen LogP contribution < -0.4 is 11.1 Å². The molecule has 3 N–H and O–H groups in total. The van der Waals surface area contributed by atoms with Gasteiger partial charge in [0.25, 0.3) is 0 Å². The maximum absolute atomic E-state index is 12.6. The maximum atomic E-state index is 12.6. The molecule has 9 heteroatoms. The molecule has 26 heavy (non-hydrogen) atoms. The fraction of sp³-hybridized carbons (Fsp3) is 0.706. The summed E-state index contributed by atoms with van der Waals surface area (Å²) in [6.07, 6.45) is 1.89. The summed E-state index contributed by atoms with van der Waals surface area (Å²) >= 11 is 0. The second-order valence-electron chi connectivity index (χ2n) is 6.94. The molecule has 1 aliphatic rings. The lowest BCUT2D eigenvalue weighted by molar-refractivity contribution is -0.134. The van der Waals surface area contributed by atoms with Gasteiger partial charge < -0.3 is 16.0 Å². The second-order valence-corrected chi connectivity index (χ2v) is 6.94. The zero-order valence-electron chi connectivity index (χ0n) is 16.1. The minimum Gasteiger partial charge on any atom is -0.346 e. The van der Waals surface area contributed by atoms with Crippen molar-refractivity contribution in [1.82, 2.24) is 20.0 Å². The first kappa shape index (κ1) is 24.7. The fourth-order valence-electron chi connectivity index (χ4n) is 3.32. The summed E-state index contributed by atoms with van der Waals surface area (Å²) in [6, 6.07) is -0.545. The van der Waals surface area contributed by atoms with Crippen molar-refractivity contribution in [1.29, 1.82) is 0 Å². The number of rotatable bonds is 5. The van der Waals surface area contributed by atoms with Crippen molar-refractivity contribution in [3.05, 3.63) is 17.0 Å². The number of carbonyl (C=O) groups excluding carboxylic acids is 2. The number of halogens is 2. The molecule has 150 valence electrons. The minimum absolute atomic E-state index is 0. The Morgan fingerprint density at radius 3 is 2.42 bits per heavy atom. The van der Waals surface area contributed by atoms with Crippen molar-refractivity contribution in [2.45, 2.75) is 52.6 Å². The Balaban J connectivity index is 0.00000312. The first-order valence-electron chi connectivity index (χ1n) is 8.56. The Morgan fingerprint density at radius 1 is 1.31 bits per heavy atom. The number of nitrogens with one attached hydrogen (secondary N) is 1. The van der Waals surface area contributed by atoms with E-state index in [1.807, 2.05) is 44.3 Å². The Hall–Kier alpha value is -1.31. The third-order valence-corrected chi connectivity index (χ3v) is 4.91. The fourth-order valence-corrected chi connectivity index (χ4v) is 3.32. The standard InChI is InChI=1S/C17H29N5O2.2ClH/c1-10(2)16(18)17(24)19-9-14(23)22-8-6-7-13(22)15-11(3)20-21(5)12(15)4;;/h10,13,16H,6-9,18H2,1-5H3,(H,19,24);2*1H/t13?,16-;;/m0../s1. The average molecular weight is 408 g/mol. The zero-order valence-corrected chi connectivity index (χ0v) is 17.7. The summed E-state index contributed by atoms with van der Waals surface area (Å²) in [5.41, 5.74) is 9.00. The lowest BCUT2D eigenvalue weighted by Gasteiger charge is -2.26. The smallest absolute Gasteiger partial charge is 0.242 e. The first-order valence-corrected chi connectivity index (χ1v) is 8.56. The van der Waals surface area contributed by atoms with Gasteiger partial charge >= 0.3 is 0 Å². The number of amides is 2. The molecular weight excluding hydrogens is 377 g/mol. The minimum atomic E-state index is -0.588. The van der Waals surface area contributed by atoms with Crippen molar-refractivity contribution < 1.29 is 9.59 Å². The van der Waals surface area contributed by atoms with Crippen LogP contribution in [0.25, 0.3) is 0 Å². The lowest BCUT2D eigenvalue weighted by atomic mass is 10.0. The van der Waals surface area contributed by atoms with Crippen LogP contribution in [-0.2, 0) is 16.6 Å². The molecule has 1 saturated heterocycles. The molecule has 0 radical (unpaired) electrons. The Morgan fingerprint density at radius 2 is 1.92 bits per heavy atom. The number of aryl methyl sites for hydroxylation is 2. The van der Waals surface area contributed by atoms with Gasteiger partial charge in [0.1, 0.15) is 0 Å². The quantitative estimate of drug-likeness (QED) is 0.775. The summed E-state index contributed by atoms with van der Waals surface area (Å²) < 4.78 is 1.86. The molecule has 1 aromatic rings. The van der Waals surface area contributed by atoms with E-state index in [9.17, 15) is 9.59 Å². The highest BCUT2D eigenvalue weighted by molar-refractivity contribution is 5.87. The van der Waals surface area contributed by atoms with E-state index in [0.717, 1.165) is 29.8 Å². The summed E-state index contributed by atoms with van der Waals surface area (Å²) in [5.74, 6) is -0.298. The lowest BCUT2D eigenvalue weighted by Crippen LogP contribution is -2.47. The van der Waals surface area contributed by atoms with E-state index in [2.05, 4.69) is 10.4 Å². The first-order chi connectivity index (χ1) is 11.2. The maximum Gasteiger partial charge on any atom is 0.242 e. The van der Waals surface area contributed by atoms with Crippen LogP contribution in [0.4, 0.5) is 0 Å². The molecule has 2 amide bonds. The Kier molecular flexibility index (Phi) is 9.62. The van der Waals surface area contributed by atoms with Gasteiger partial charge in [-0.05, 0) is 32.6 Å². The predicted octanol–water partition coefficient (Wildman–Crippen LogP) is 1.64. The van der Waals surface area contributed by atoms with Crippen molar-refractivity contribution in [3.63, 3.8) is 0 Å². The Labute approximate surface area is 167 Å². The van der Waals surface area contributed by atoms with Crippen molar-refractivity contribution in [2.75, 3.05) is 13.1 Å². The van der Waals surface area contributed by atoms with Crippen molar-refractivity contribution in [3.8, 4) is 0 Å². The van der Waals surface area contributed by atoms with E-state index in [4.69, 9.17) is 5.73 Å². The average Bonchev–Trinajstić information content (AvgIpc) is 3.08. The van der Waals surface area contributed by atoms with Crippen molar-refractivity contribution >= 4 is 36.6 Å². The number of hydrogen-bond acceptors (Lipinski definition) is 4. The van der Waals surface area contributed by atoms with Crippen LogP contribution in [0.5, 0.6) is 0 Å². The van der Waals surface area contributed by atoms with Crippen LogP contribution in [0, 0.1) is 19.8 Å². The van der Waals surface area contributed by atoms with Crippen LogP contribution in [0.15, 0.2) is 0 Å². The number of aromatic nitrogens is 2. The molecular formula is C17H31Cl2N5O2. The van der Waals surface area contributed by atoms with Crippen LogP contribution >= 0.6 is 24.8 Å². The largest absolute Gasteiger partial charge is 0.346 e. The number of carbonyl (C=O) groups is 2. The van der Waals surface area contributed by atoms with Gasteiger partial charge in [0.05, 0.1) is 24.3 Å². The molecule has 1 unspecified atom stereocenters. The number of hydrogen-bond donors (Lipinski definition) is 2. The molecule has 1 fully saturated rings. The van der Waals surface area contributed by atoms with Crippen LogP contribution in [0.1, 0.15) is 49.7 Å². The van der Waals surface area contributed by atoms with E-state index < -0.39 is 6.04 Å². The zero-order chi connectivity index (χ0) is 18.0. The third-order valence-electron chi connectivity index (χ3n) is 4.91. The molecule has 0 aromatic carbocycles. The normalized spacial score (nSPS) is 17.5. The van der Waals surface area contributed by atoms with Gasteiger partial charge in [-0.15, -0.1) is 24.8 Å². The monoisotopic (exact) mass is 407 g/mol. The molecule has 7 nitrogen and oxygen atoms in total. The number of nitrogens with zero attached hydrogens (tertiary/aromatic N) is 3. The summed E-state index contributed by atoms with van der Waals surface area (Å²) in [7, 11) is 1.92. The third kappa shape index (κ3) is 5.11. The summed E-state index contributed by atoms with van der Waals surface area (Å²) in [5, 5.41) is 7.13. The summed E-state index contributed by atoms with van der Waals surface area (Å²) in [6.45, 7) is 8.48. The highest BCUT2D eigenvalue weighted by Crippen LogP contribution is 2.35. The van der Waals surface area contributed by atoms with Gasteiger partial charge in [0.15, 0.2) is 0 Å². The van der Waals surface area contributed by atoms with Gasteiger partial charge in [-0.2, -0.15) is 5.10 Å². The van der Waals surface area contributed by atoms with Crippen LogP contribution in [0.2, 0.25) is 0 Å². The predicted molar refractivity (Wildman–Crippen MR) is 107 cm³/mol. The van der Waals surface area contributed by atoms with E-state index in [-0.39, 0.29) is 55.1 Å². The van der Waals surface area contributed by atoms with Crippen molar-refractivity contribution in [2.24, 2.45) is 18.7 Å². The van der Waals surface area contributed by atoms with Crippen LogP contribution in [0.3, 0.4) is 0 Å². The molecule has 1 aromatic heterocycles. The van der Waals surface area contributed by atoms with E-state index >= 15 is 0 Å². The molecule has 0 saturated carbocycles. The van der Waals surface area contributed by atoms with Gasteiger partial charge in [0, 0.05) is 24.8 Å². The molecule has 2 atom stereocenters. The Bertz CT molecular complexity index is 633. The second kappa shape index (κ2) is 10.1. The van der Waals surface area contributed by atoms with Gasteiger partial charge in [-0.1, -0.05) is 13.8 Å². The molecule has 0 bridgehead atoms. The molecule has 2 heterocycles.